The van der Waals surface area contributed by atoms with Crippen LogP contribution >= 0.6 is 0 Å². The molecule has 46 heavy (non-hydrogen) atoms. The third-order valence-corrected chi connectivity index (χ3v) is 13.9. The van der Waals surface area contributed by atoms with Crippen molar-refractivity contribution in [2.45, 2.75) is 182 Å². The predicted molar refractivity (Wildman–Crippen MR) is 192 cm³/mol. The molecule has 0 amide bonds. The molecule has 4 aliphatic carbocycles. The van der Waals surface area contributed by atoms with Crippen molar-refractivity contribution in [3.05, 3.63) is 35.3 Å². The Morgan fingerprint density at radius 3 is 2.33 bits per heavy atom. The number of fused-ring (bicyclic) bond motifs is 5. The largest absolute Gasteiger partial charge is 0.466 e. The molecule has 1 aromatic rings. The number of allylic oxidation sites excluding steroid dienone is 1. The third kappa shape index (κ3) is 8.37. The quantitative estimate of drug-likeness (QED) is 0.0972. The first kappa shape index (κ1) is 35.8. The zero-order valence-corrected chi connectivity index (χ0v) is 30.8. The van der Waals surface area contributed by atoms with Crippen LogP contribution in [-0.2, 0) is 22.4 Å². The average Bonchev–Trinajstić information content (AvgIpc) is 3.62. The van der Waals surface area contributed by atoms with Gasteiger partial charge in [-0.05, 0) is 123 Å². The number of aryl methyl sites for hydroxylation is 2. The van der Waals surface area contributed by atoms with E-state index in [0.717, 1.165) is 92.0 Å². The van der Waals surface area contributed by atoms with Crippen LogP contribution in [0.3, 0.4) is 0 Å². The zero-order chi connectivity index (χ0) is 32.7. The standard InChI is InChI=1S/C43H70O3/c1-7-8-9-11-17-34-21-22-35(45-34)18-12-10-13-19-41(44)46-36-26-28-42(5)33(30-36)20-23-37-39-25-24-38(32(4)16-14-15-31(2)3)43(39,6)29-27-40(37)42/h20-22,31-32,36-40H,7-19,23-30H2,1-6H3. The topological polar surface area (TPSA) is 39.4 Å². The Hall–Kier alpha value is -1.51. The number of carbonyl (C=O) groups excluding carboxylic acids is 1. The van der Waals surface area contributed by atoms with E-state index in [0.29, 0.717) is 17.3 Å². The summed E-state index contributed by atoms with van der Waals surface area (Å²) in [7, 11) is 0. The first-order valence-electron chi connectivity index (χ1n) is 20.1. The molecule has 0 aromatic carbocycles. The van der Waals surface area contributed by atoms with Gasteiger partial charge in [0.2, 0.25) is 0 Å². The van der Waals surface area contributed by atoms with Crippen LogP contribution in [0.5, 0.6) is 0 Å². The van der Waals surface area contributed by atoms with Crippen LogP contribution in [0.1, 0.15) is 175 Å². The summed E-state index contributed by atoms with van der Waals surface area (Å²) in [4.78, 5) is 12.8. The van der Waals surface area contributed by atoms with Crippen molar-refractivity contribution in [3.8, 4) is 0 Å². The second kappa shape index (κ2) is 16.3. The SMILES string of the molecule is CCCCCCc1ccc(CCCCCC(=O)OC2CCC3(C)C(=CCC4C3CCC3(C)C(C(C)CCCC(C)C)CCC43)C2)o1. The summed E-state index contributed by atoms with van der Waals surface area (Å²) in [6.07, 6.45) is 27.9. The highest BCUT2D eigenvalue weighted by molar-refractivity contribution is 5.69. The maximum atomic E-state index is 12.8. The molecule has 260 valence electrons. The van der Waals surface area contributed by atoms with E-state index in [1.54, 1.807) is 5.57 Å². The van der Waals surface area contributed by atoms with Crippen molar-refractivity contribution in [1.29, 1.82) is 0 Å². The molecule has 0 bridgehead atoms. The van der Waals surface area contributed by atoms with E-state index >= 15 is 0 Å². The summed E-state index contributed by atoms with van der Waals surface area (Å²) < 4.78 is 12.2. The van der Waals surface area contributed by atoms with Gasteiger partial charge in [-0.1, -0.05) is 98.1 Å². The molecule has 5 rings (SSSR count). The van der Waals surface area contributed by atoms with Crippen molar-refractivity contribution < 1.29 is 13.9 Å². The van der Waals surface area contributed by atoms with Crippen LogP contribution in [0.15, 0.2) is 28.2 Å². The minimum Gasteiger partial charge on any atom is -0.466 e. The highest BCUT2D eigenvalue weighted by Gasteiger charge is 2.59. The van der Waals surface area contributed by atoms with Crippen molar-refractivity contribution in [2.75, 3.05) is 0 Å². The number of hydrogen-bond donors (Lipinski definition) is 0. The Kier molecular flexibility index (Phi) is 12.7. The lowest BCUT2D eigenvalue weighted by atomic mass is 9.47. The third-order valence-electron chi connectivity index (χ3n) is 13.9. The van der Waals surface area contributed by atoms with E-state index in [2.05, 4.69) is 59.8 Å². The van der Waals surface area contributed by atoms with Crippen LogP contribution in [0, 0.1) is 46.3 Å². The molecule has 3 saturated carbocycles. The molecule has 8 atom stereocenters. The van der Waals surface area contributed by atoms with Gasteiger partial charge < -0.3 is 9.15 Å². The molecular weight excluding hydrogens is 564 g/mol. The van der Waals surface area contributed by atoms with Gasteiger partial charge in [-0.25, -0.2) is 0 Å². The number of rotatable bonds is 17. The summed E-state index contributed by atoms with van der Waals surface area (Å²) in [6, 6.07) is 4.30. The average molecular weight is 635 g/mol. The molecule has 8 unspecified atom stereocenters. The monoisotopic (exact) mass is 635 g/mol. The lowest BCUT2D eigenvalue weighted by Gasteiger charge is -2.58. The van der Waals surface area contributed by atoms with E-state index in [1.165, 1.54) is 83.5 Å². The minimum atomic E-state index is 0.0168. The summed E-state index contributed by atoms with van der Waals surface area (Å²) in [5, 5.41) is 0. The van der Waals surface area contributed by atoms with Crippen LogP contribution < -0.4 is 0 Å². The molecule has 1 heterocycles. The first-order chi connectivity index (χ1) is 22.1. The Labute approximate surface area is 283 Å². The molecule has 0 radical (unpaired) electrons. The summed E-state index contributed by atoms with van der Waals surface area (Å²) in [6.45, 7) is 14.9. The Bertz CT molecular complexity index is 1130. The van der Waals surface area contributed by atoms with Crippen LogP contribution in [0.25, 0.3) is 0 Å². The lowest BCUT2D eigenvalue weighted by Crippen LogP contribution is -2.51. The molecule has 0 saturated heterocycles. The van der Waals surface area contributed by atoms with Crippen LogP contribution in [-0.4, -0.2) is 12.1 Å². The van der Waals surface area contributed by atoms with Gasteiger partial charge in [0.05, 0.1) is 0 Å². The Balaban J connectivity index is 1.04. The molecule has 3 heteroatoms. The highest BCUT2D eigenvalue weighted by Crippen LogP contribution is 2.67. The molecule has 3 fully saturated rings. The number of esters is 1. The fraction of sp³-hybridized carbons (Fsp3) is 0.837. The lowest BCUT2D eigenvalue weighted by molar-refractivity contribution is -0.151. The van der Waals surface area contributed by atoms with Gasteiger partial charge in [0, 0.05) is 25.7 Å². The van der Waals surface area contributed by atoms with Crippen molar-refractivity contribution in [1.82, 2.24) is 0 Å². The number of hydrogen-bond acceptors (Lipinski definition) is 3. The number of carbonyl (C=O) groups is 1. The van der Waals surface area contributed by atoms with Gasteiger partial charge in [0.25, 0.3) is 0 Å². The molecule has 1 aromatic heterocycles. The smallest absolute Gasteiger partial charge is 0.306 e. The van der Waals surface area contributed by atoms with E-state index in [4.69, 9.17) is 9.15 Å². The van der Waals surface area contributed by atoms with Crippen molar-refractivity contribution in [3.63, 3.8) is 0 Å². The van der Waals surface area contributed by atoms with Crippen LogP contribution in [0.4, 0.5) is 0 Å². The van der Waals surface area contributed by atoms with Crippen LogP contribution in [0.2, 0.25) is 0 Å². The minimum absolute atomic E-state index is 0.0168. The van der Waals surface area contributed by atoms with Gasteiger partial charge >= 0.3 is 5.97 Å². The number of furan rings is 1. The fourth-order valence-corrected chi connectivity index (χ4v) is 11.2. The molecular formula is C43H70O3. The Morgan fingerprint density at radius 1 is 0.870 bits per heavy atom. The van der Waals surface area contributed by atoms with Gasteiger partial charge in [0.15, 0.2) is 0 Å². The second-order valence-corrected chi connectivity index (χ2v) is 17.4. The first-order valence-corrected chi connectivity index (χ1v) is 20.1. The number of ether oxygens (including phenoxy) is 1. The van der Waals surface area contributed by atoms with Gasteiger partial charge in [0.1, 0.15) is 17.6 Å². The number of unbranched alkanes of at least 4 members (excludes halogenated alkanes) is 5. The molecule has 0 N–H and O–H groups in total. The molecule has 0 spiro atoms. The second-order valence-electron chi connectivity index (χ2n) is 17.4. The highest BCUT2D eigenvalue weighted by atomic mass is 16.5. The predicted octanol–water partition coefficient (Wildman–Crippen LogP) is 12.5. The molecule has 4 aliphatic rings. The normalized spacial score (nSPS) is 32.8. The zero-order valence-electron chi connectivity index (χ0n) is 30.8. The van der Waals surface area contributed by atoms with E-state index < -0.39 is 0 Å². The van der Waals surface area contributed by atoms with Gasteiger partial charge in [-0.2, -0.15) is 0 Å². The summed E-state index contributed by atoms with van der Waals surface area (Å²) in [5.74, 6) is 7.46. The summed E-state index contributed by atoms with van der Waals surface area (Å²) >= 11 is 0. The van der Waals surface area contributed by atoms with Gasteiger partial charge in [-0.15, -0.1) is 0 Å². The van der Waals surface area contributed by atoms with E-state index in [-0.39, 0.29) is 12.1 Å². The Morgan fingerprint density at radius 2 is 1.61 bits per heavy atom. The fourth-order valence-electron chi connectivity index (χ4n) is 11.2. The maximum Gasteiger partial charge on any atom is 0.306 e. The van der Waals surface area contributed by atoms with Crippen molar-refractivity contribution in [2.24, 2.45) is 46.3 Å². The summed E-state index contributed by atoms with van der Waals surface area (Å²) in [5.41, 5.74) is 2.48. The van der Waals surface area contributed by atoms with Crippen molar-refractivity contribution >= 4 is 5.97 Å². The molecule has 3 nitrogen and oxygen atoms in total. The van der Waals surface area contributed by atoms with E-state index in [1.807, 2.05) is 0 Å². The van der Waals surface area contributed by atoms with E-state index in [9.17, 15) is 4.79 Å². The maximum absolute atomic E-state index is 12.8. The van der Waals surface area contributed by atoms with Gasteiger partial charge in [-0.3, -0.25) is 4.79 Å². The molecule has 0 aliphatic heterocycles.